The Morgan fingerprint density at radius 1 is 1.47 bits per heavy atom. The molecular weight excluding hydrogens is 242 g/mol. The normalized spacial score (nSPS) is 19.3. The average Bonchev–Trinajstić information content (AvgIpc) is 2.67. The summed E-state index contributed by atoms with van der Waals surface area (Å²) in [6, 6.07) is 7.55. The number of carbonyl (C=O) groups is 2. The number of amides is 1. The molecule has 19 heavy (non-hydrogen) atoms. The fourth-order valence-electron chi connectivity index (χ4n) is 2.33. The molecule has 1 saturated heterocycles. The maximum atomic E-state index is 11.8. The zero-order chi connectivity index (χ0) is 13.8. The Hall–Kier alpha value is -2.10. The Labute approximate surface area is 112 Å². The fourth-order valence-corrected chi connectivity index (χ4v) is 2.33. The van der Waals surface area contributed by atoms with Crippen molar-refractivity contribution in [1.82, 2.24) is 4.90 Å². The summed E-state index contributed by atoms with van der Waals surface area (Å²) >= 11 is 0. The van der Waals surface area contributed by atoms with Gasteiger partial charge in [-0.25, -0.2) is 4.79 Å². The molecule has 1 N–H and O–H groups in total. The number of likely N-dealkylation sites (tertiary alicyclic amines) is 1. The summed E-state index contributed by atoms with van der Waals surface area (Å²) in [5.41, 5.74) is 1.82. The SMILES string of the molecule is CC1CC(=O)N(Cc2ccccc2C=CC(=O)O)C1. The van der Waals surface area contributed by atoms with Gasteiger partial charge >= 0.3 is 5.97 Å². The van der Waals surface area contributed by atoms with Crippen LogP contribution in [0.15, 0.2) is 30.3 Å². The summed E-state index contributed by atoms with van der Waals surface area (Å²) in [5, 5.41) is 8.68. The Morgan fingerprint density at radius 3 is 2.84 bits per heavy atom. The predicted octanol–water partition coefficient (Wildman–Crippen LogP) is 2.15. The highest BCUT2D eigenvalue weighted by Gasteiger charge is 2.26. The Kier molecular flexibility index (Phi) is 4.00. The van der Waals surface area contributed by atoms with Gasteiger partial charge in [-0.3, -0.25) is 4.79 Å². The van der Waals surface area contributed by atoms with Crippen molar-refractivity contribution in [3.05, 3.63) is 41.5 Å². The molecule has 1 atom stereocenters. The van der Waals surface area contributed by atoms with Crippen LogP contribution in [0.4, 0.5) is 0 Å². The lowest BCUT2D eigenvalue weighted by Crippen LogP contribution is -2.24. The summed E-state index contributed by atoms with van der Waals surface area (Å²) in [5.74, 6) is -0.403. The average molecular weight is 259 g/mol. The Balaban J connectivity index is 2.16. The summed E-state index contributed by atoms with van der Waals surface area (Å²) in [6.07, 6.45) is 3.29. The van der Waals surface area contributed by atoms with Gasteiger partial charge in [-0.2, -0.15) is 0 Å². The third-order valence-electron chi connectivity index (χ3n) is 3.23. The second-order valence-electron chi connectivity index (χ2n) is 4.95. The number of carboxylic acids is 1. The van der Waals surface area contributed by atoms with Crippen LogP contribution in [0.25, 0.3) is 6.08 Å². The van der Waals surface area contributed by atoms with Gasteiger partial charge in [0.15, 0.2) is 0 Å². The highest BCUT2D eigenvalue weighted by atomic mass is 16.4. The first-order chi connectivity index (χ1) is 9.06. The Morgan fingerprint density at radius 2 is 2.21 bits per heavy atom. The molecule has 0 aliphatic carbocycles. The summed E-state index contributed by atoms with van der Waals surface area (Å²) < 4.78 is 0. The van der Waals surface area contributed by atoms with E-state index in [1.807, 2.05) is 29.2 Å². The van der Waals surface area contributed by atoms with Crippen LogP contribution >= 0.6 is 0 Å². The number of carbonyl (C=O) groups excluding carboxylic acids is 1. The molecule has 100 valence electrons. The third-order valence-corrected chi connectivity index (χ3v) is 3.23. The fraction of sp³-hybridized carbons (Fsp3) is 0.333. The Bertz CT molecular complexity index is 522. The van der Waals surface area contributed by atoms with Crippen LogP contribution in [0.5, 0.6) is 0 Å². The first kappa shape index (κ1) is 13.3. The van der Waals surface area contributed by atoms with Gasteiger partial charge in [0.25, 0.3) is 0 Å². The maximum absolute atomic E-state index is 11.8. The van der Waals surface area contributed by atoms with E-state index in [-0.39, 0.29) is 5.91 Å². The summed E-state index contributed by atoms with van der Waals surface area (Å²) in [6.45, 7) is 3.38. The van der Waals surface area contributed by atoms with E-state index in [9.17, 15) is 9.59 Å². The second kappa shape index (κ2) is 5.69. The first-order valence-corrected chi connectivity index (χ1v) is 6.33. The minimum Gasteiger partial charge on any atom is -0.478 e. The summed E-state index contributed by atoms with van der Waals surface area (Å²) in [7, 11) is 0. The number of aliphatic carboxylic acids is 1. The molecule has 1 aliphatic heterocycles. The molecule has 2 rings (SSSR count). The van der Waals surface area contributed by atoms with Crippen molar-refractivity contribution in [1.29, 1.82) is 0 Å². The molecular formula is C15H17NO3. The number of hydrogen-bond acceptors (Lipinski definition) is 2. The van der Waals surface area contributed by atoms with Crippen molar-refractivity contribution < 1.29 is 14.7 Å². The van der Waals surface area contributed by atoms with E-state index in [1.54, 1.807) is 6.08 Å². The standard InChI is InChI=1S/C15H17NO3/c1-11-8-14(17)16(9-11)10-13-5-3-2-4-12(13)6-7-15(18)19/h2-7,11H,8-10H2,1H3,(H,18,19). The van der Waals surface area contributed by atoms with E-state index in [0.717, 1.165) is 23.7 Å². The van der Waals surface area contributed by atoms with E-state index >= 15 is 0 Å². The third kappa shape index (κ3) is 3.44. The van der Waals surface area contributed by atoms with Crippen molar-refractivity contribution >= 4 is 18.0 Å². The van der Waals surface area contributed by atoms with Crippen LogP contribution < -0.4 is 0 Å². The lowest BCUT2D eigenvalue weighted by molar-refractivity contribution is -0.131. The number of rotatable bonds is 4. The van der Waals surface area contributed by atoms with E-state index in [0.29, 0.717) is 18.9 Å². The zero-order valence-electron chi connectivity index (χ0n) is 10.9. The largest absolute Gasteiger partial charge is 0.478 e. The second-order valence-corrected chi connectivity index (χ2v) is 4.95. The van der Waals surface area contributed by atoms with Crippen LogP contribution in [0.2, 0.25) is 0 Å². The molecule has 1 aliphatic rings. The highest BCUT2D eigenvalue weighted by Crippen LogP contribution is 2.21. The predicted molar refractivity (Wildman–Crippen MR) is 72.3 cm³/mol. The number of nitrogens with zero attached hydrogens (tertiary/aromatic N) is 1. The van der Waals surface area contributed by atoms with E-state index in [4.69, 9.17) is 5.11 Å². The van der Waals surface area contributed by atoms with E-state index in [1.165, 1.54) is 0 Å². The van der Waals surface area contributed by atoms with Gasteiger partial charge < -0.3 is 10.0 Å². The van der Waals surface area contributed by atoms with Crippen molar-refractivity contribution in [2.75, 3.05) is 6.54 Å². The van der Waals surface area contributed by atoms with Crippen molar-refractivity contribution in [3.63, 3.8) is 0 Å². The van der Waals surface area contributed by atoms with Crippen LogP contribution in [-0.2, 0) is 16.1 Å². The molecule has 1 unspecified atom stereocenters. The lowest BCUT2D eigenvalue weighted by atomic mass is 10.1. The zero-order valence-corrected chi connectivity index (χ0v) is 10.9. The molecule has 1 heterocycles. The smallest absolute Gasteiger partial charge is 0.328 e. The number of hydrogen-bond donors (Lipinski definition) is 1. The van der Waals surface area contributed by atoms with Gasteiger partial charge in [-0.05, 0) is 23.1 Å². The molecule has 0 radical (unpaired) electrons. The van der Waals surface area contributed by atoms with Gasteiger partial charge in [0.05, 0.1) is 0 Å². The topological polar surface area (TPSA) is 57.6 Å². The van der Waals surface area contributed by atoms with E-state index < -0.39 is 5.97 Å². The minimum absolute atomic E-state index is 0.171. The summed E-state index contributed by atoms with van der Waals surface area (Å²) in [4.78, 5) is 24.2. The first-order valence-electron chi connectivity index (χ1n) is 6.33. The molecule has 4 nitrogen and oxygen atoms in total. The van der Waals surface area contributed by atoms with Crippen LogP contribution in [-0.4, -0.2) is 28.4 Å². The van der Waals surface area contributed by atoms with Gasteiger partial charge in [-0.15, -0.1) is 0 Å². The molecule has 0 saturated carbocycles. The van der Waals surface area contributed by atoms with Crippen LogP contribution in [0.3, 0.4) is 0 Å². The lowest BCUT2D eigenvalue weighted by Gasteiger charge is -2.17. The molecule has 0 bridgehead atoms. The van der Waals surface area contributed by atoms with Gasteiger partial charge in [0, 0.05) is 25.6 Å². The monoisotopic (exact) mass is 259 g/mol. The van der Waals surface area contributed by atoms with Crippen molar-refractivity contribution in [2.45, 2.75) is 19.9 Å². The molecule has 1 fully saturated rings. The molecule has 1 aromatic carbocycles. The minimum atomic E-state index is -0.972. The van der Waals surface area contributed by atoms with Gasteiger partial charge in [0.2, 0.25) is 5.91 Å². The van der Waals surface area contributed by atoms with Crippen LogP contribution in [0.1, 0.15) is 24.5 Å². The van der Waals surface area contributed by atoms with Crippen molar-refractivity contribution in [2.24, 2.45) is 5.92 Å². The highest BCUT2D eigenvalue weighted by molar-refractivity contribution is 5.85. The number of benzene rings is 1. The van der Waals surface area contributed by atoms with Crippen molar-refractivity contribution in [3.8, 4) is 0 Å². The molecule has 4 heteroatoms. The quantitative estimate of drug-likeness (QED) is 0.843. The molecule has 1 aromatic rings. The molecule has 1 amide bonds. The molecule has 0 spiro atoms. The van der Waals surface area contributed by atoms with Gasteiger partial charge in [-0.1, -0.05) is 31.2 Å². The van der Waals surface area contributed by atoms with Gasteiger partial charge in [0.1, 0.15) is 0 Å². The maximum Gasteiger partial charge on any atom is 0.328 e. The van der Waals surface area contributed by atoms with E-state index in [2.05, 4.69) is 6.92 Å². The van der Waals surface area contributed by atoms with Crippen LogP contribution in [0, 0.1) is 5.92 Å². The number of carboxylic acid groups (broad SMARTS) is 1. The molecule has 0 aromatic heterocycles.